The molecule has 6 heteroatoms. The van der Waals surface area contributed by atoms with Crippen molar-refractivity contribution in [2.45, 2.75) is 19.8 Å². The van der Waals surface area contributed by atoms with Gasteiger partial charge in [0.15, 0.2) is 0 Å². The summed E-state index contributed by atoms with van der Waals surface area (Å²) in [6.45, 7) is 3.47. The Labute approximate surface area is 108 Å². The Morgan fingerprint density at radius 2 is 2.06 bits per heavy atom. The first-order chi connectivity index (χ1) is 8.42. The van der Waals surface area contributed by atoms with Gasteiger partial charge in [0.2, 0.25) is 0 Å². The molecule has 0 saturated heterocycles. The maximum absolute atomic E-state index is 10.7. The van der Waals surface area contributed by atoms with E-state index in [0.29, 0.717) is 18.7 Å². The number of hydrogen-bond acceptors (Lipinski definition) is 4. The second kappa shape index (κ2) is 6.61. The van der Waals surface area contributed by atoms with Crippen LogP contribution >= 0.6 is 0 Å². The highest BCUT2D eigenvalue weighted by atomic mass is 32.2. The van der Waals surface area contributed by atoms with E-state index in [-0.39, 0.29) is 5.75 Å². The van der Waals surface area contributed by atoms with E-state index in [9.17, 15) is 8.42 Å². The van der Waals surface area contributed by atoms with Crippen LogP contribution in [0.25, 0.3) is 0 Å². The van der Waals surface area contributed by atoms with Gasteiger partial charge in [-0.15, -0.1) is 0 Å². The summed E-state index contributed by atoms with van der Waals surface area (Å²) in [6.07, 6.45) is 1.36. The van der Waals surface area contributed by atoms with Crippen LogP contribution in [0.1, 0.15) is 19.8 Å². The van der Waals surface area contributed by atoms with E-state index >= 15 is 0 Å². The minimum Gasteiger partial charge on any atom is -0.399 e. The maximum Gasteiger partial charge on any atom is 0.264 e. The van der Waals surface area contributed by atoms with E-state index < -0.39 is 10.1 Å². The summed E-state index contributed by atoms with van der Waals surface area (Å²) in [6, 6.07) is 7.49. The molecule has 18 heavy (non-hydrogen) atoms. The quantitative estimate of drug-likeness (QED) is 0.583. The molecule has 1 aromatic carbocycles. The fourth-order valence-electron chi connectivity index (χ4n) is 1.80. The van der Waals surface area contributed by atoms with Gasteiger partial charge in [-0.25, -0.2) is 0 Å². The zero-order valence-corrected chi connectivity index (χ0v) is 11.4. The summed E-state index contributed by atoms with van der Waals surface area (Å²) in [5.41, 5.74) is 7.39. The average Bonchev–Trinajstić information content (AvgIpc) is 2.26. The monoisotopic (exact) mass is 272 g/mol. The molecule has 3 N–H and O–H groups in total. The van der Waals surface area contributed by atoms with Crippen molar-refractivity contribution < 1.29 is 13.0 Å². The molecule has 0 unspecified atom stereocenters. The molecule has 0 aliphatic heterocycles. The van der Waals surface area contributed by atoms with Crippen LogP contribution < -0.4 is 10.6 Å². The molecule has 1 rings (SSSR count). The summed E-state index contributed by atoms with van der Waals surface area (Å²) in [5.74, 6) is -0.213. The van der Waals surface area contributed by atoms with Crippen LogP contribution in [0, 0.1) is 0 Å². The van der Waals surface area contributed by atoms with E-state index in [1.807, 2.05) is 24.3 Å². The SMILES string of the molecule is CCCN(CCCS(=O)(=O)O)c1cccc(N)c1. The summed E-state index contributed by atoms with van der Waals surface area (Å²) in [4.78, 5) is 2.07. The van der Waals surface area contributed by atoms with Crippen molar-refractivity contribution in [1.29, 1.82) is 0 Å². The van der Waals surface area contributed by atoms with Crippen LogP contribution in [-0.2, 0) is 10.1 Å². The lowest BCUT2D eigenvalue weighted by atomic mass is 10.2. The van der Waals surface area contributed by atoms with Crippen LogP contribution in [0.3, 0.4) is 0 Å². The van der Waals surface area contributed by atoms with E-state index in [4.69, 9.17) is 10.3 Å². The standard InChI is InChI=1S/C12H20N2O3S/c1-2-7-14(8-4-9-18(15,16)17)12-6-3-5-11(13)10-12/h3,5-6,10H,2,4,7-9,13H2,1H3,(H,15,16,17). The first kappa shape index (κ1) is 14.8. The van der Waals surface area contributed by atoms with Gasteiger partial charge in [-0.3, -0.25) is 4.55 Å². The summed E-state index contributed by atoms with van der Waals surface area (Å²) in [7, 11) is -3.88. The lowest BCUT2D eigenvalue weighted by Gasteiger charge is -2.24. The third-order valence-electron chi connectivity index (χ3n) is 2.56. The molecular weight excluding hydrogens is 252 g/mol. The fraction of sp³-hybridized carbons (Fsp3) is 0.500. The fourth-order valence-corrected chi connectivity index (χ4v) is 2.29. The van der Waals surface area contributed by atoms with E-state index in [1.54, 1.807) is 0 Å². The molecule has 0 bridgehead atoms. The molecule has 0 saturated carbocycles. The molecule has 1 aromatic rings. The molecule has 0 spiro atoms. The second-order valence-corrected chi connectivity index (χ2v) is 5.79. The highest BCUT2D eigenvalue weighted by Gasteiger charge is 2.09. The Morgan fingerprint density at radius 3 is 2.61 bits per heavy atom. The highest BCUT2D eigenvalue weighted by molar-refractivity contribution is 7.85. The zero-order valence-electron chi connectivity index (χ0n) is 10.5. The molecule has 0 radical (unpaired) electrons. The van der Waals surface area contributed by atoms with Crippen molar-refractivity contribution in [3.8, 4) is 0 Å². The first-order valence-electron chi connectivity index (χ1n) is 5.98. The van der Waals surface area contributed by atoms with Gasteiger partial charge in [0.05, 0.1) is 5.75 Å². The largest absolute Gasteiger partial charge is 0.399 e. The van der Waals surface area contributed by atoms with Gasteiger partial charge >= 0.3 is 0 Å². The van der Waals surface area contributed by atoms with E-state index in [0.717, 1.165) is 18.7 Å². The molecule has 0 aliphatic carbocycles. The predicted octanol–water partition coefficient (Wildman–Crippen LogP) is 1.76. The molecule has 0 fully saturated rings. The Balaban J connectivity index is 2.65. The van der Waals surface area contributed by atoms with Crippen molar-refractivity contribution in [3.05, 3.63) is 24.3 Å². The molecular formula is C12H20N2O3S. The lowest BCUT2D eigenvalue weighted by molar-refractivity contribution is 0.481. The molecule has 0 atom stereocenters. The number of hydrogen-bond donors (Lipinski definition) is 2. The van der Waals surface area contributed by atoms with Gasteiger partial charge in [0.25, 0.3) is 10.1 Å². The maximum atomic E-state index is 10.7. The minimum atomic E-state index is -3.88. The zero-order chi connectivity index (χ0) is 13.6. The van der Waals surface area contributed by atoms with Crippen molar-refractivity contribution >= 4 is 21.5 Å². The van der Waals surface area contributed by atoms with Crippen molar-refractivity contribution in [1.82, 2.24) is 0 Å². The van der Waals surface area contributed by atoms with E-state index in [2.05, 4.69) is 11.8 Å². The third kappa shape index (κ3) is 5.37. The Hall–Kier alpha value is -1.27. The molecule has 0 aromatic heterocycles. The van der Waals surface area contributed by atoms with Crippen molar-refractivity contribution in [3.63, 3.8) is 0 Å². The summed E-state index contributed by atoms with van der Waals surface area (Å²) >= 11 is 0. The van der Waals surface area contributed by atoms with Crippen molar-refractivity contribution in [2.75, 3.05) is 29.5 Å². The topological polar surface area (TPSA) is 83.6 Å². The average molecular weight is 272 g/mol. The molecule has 0 heterocycles. The van der Waals surface area contributed by atoms with E-state index in [1.165, 1.54) is 0 Å². The number of nitrogen functional groups attached to an aromatic ring is 1. The van der Waals surface area contributed by atoms with Crippen LogP contribution in [0.15, 0.2) is 24.3 Å². The summed E-state index contributed by atoms with van der Waals surface area (Å²) < 4.78 is 30.1. The minimum absolute atomic E-state index is 0.213. The number of rotatable bonds is 7. The molecule has 102 valence electrons. The number of nitrogens with two attached hydrogens (primary N) is 1. The van der Waals surface area contributed by atoms with Gasteiger partial charge in [-0.05, 0) is 31.0 Å². The molecule has 5 nitrogen and oxygen atoms in total. The Morgan fingerprint density at radius 1 is 1.33 bits per heavy atom. The second-order valence-electron chi connectivity index (χ2n) is 4.22. The van der Waals surface area contributed by atoms with Crippen LogP contribution in [0.2, 0.25) is 0 Å². The van der Waals surface area contributed by atoms with Gasteiger partial charge in [0.1, 0.15) is 0 Å². The van der Waals surface area contributed by atoms with Gasteiger partial charge < -0.3 is 10.6 Å². The van der Waals surface area contributed by atoms with Gasteiger partial charge in [0, 0.05) is 24.5 Å². The smallest absolute Gasteiger partial charge is 0.264 e. The van der Waals surface area contributed by atoms with Crippen LogP contribution in [0.5, 0.6) is 0 Å². The third-order valence-corrected chi connectivity index (χ3v) is 3.36. The van der Waals surface area contributed by atoms with Crippen molar-refractivity contribution in [2.24, 2.45) is 0 Å². The number of anilines is 2. The first-order valence-corrected chi connectivity index (χ1v) is 7.59. The molecule has 0 aliphatic rings. The van der Waals surface area contributed by atoms with Gasteiger partial charge in [-0.2, -0.15) is 8.42 Å². The normalized spacial score (nSPS) is 11.4. The van der Waals surface area contributed by atoms with Gasteiger partial charge in [-0.1, -0.05) is 13.0 Å². The summed E-state index contributed by atoms with van der Waals surface area (Å²) in [5, 5.41) is 0. The Bertz CT molecular complexity index is 474. The Kier molecular flexibility index (Phi) is 5.43. The van der Waals surface area contributed by atoms with Crippen LogP contribution in [-0.4, -0.2) is 31.8 Å². The lowest BCUT2D eigenvalue weighted by Crippen LogP contribution is -2.26. The predicted molar refractivity (Wildman–Crippen MR) is 74.4 cm³/mol. The van der Waals surface area contributed by atoms with Crippen LogP contribution in [0.4, 0.5) is 11.4 Å². The highest BCUT2D eigenvalue weighted by Crippen LogP contribution is 2.18. The number of benzene rings is 1. The molecule has 0 amide bonds. The number of nitrogens with zero attached hydrogens (tertiary/aromatic N) is 1.